The first-order valence-electron chi connectivity index (χ1n) is 9.06. The van der Waals surface area contributed by atoms with Crippen molar-refractivity contribution < 1.29 is 4.79 Å². The number of nitrogens with one attached hydrogen (secondary N) is 2. The fourth-order valence-corrected chi connectivity index (χ4v) is 3.15. The summed E-state index contributed by atoms with van der Waals surface area (Å²) in [4.78, 5) is 22.8. The topological polar surface area (TPSA) is 96.2 Å². The predicted octanol–water partition coefficient (Wildman–Crippen LogP) is 2.89. The van der Waals surface area contributed by atoms with E-state index >= 15 is 0 Å². The van der Waals surface area contributed by atoms with E-state index < -0.39 is 0 Å². The second kappa shape index (κ2) is 9.41. The number of anilines is 4. The molecule has 1 saturated heterocycles. The molecule has 1 unspecified atom stereocenters. The first kappa shape index (κ1) is 20.8. The van der Waals surface area contributed by atoms with E-state index in [-0.39, 0.29) is 24.4 Å². The van der Waals surface area contributed by atoms with Crippen LogP contribution >= 0.6 is 12.4 Å². The Balaban J connectivity index is 0.00000261. The maximum Gasteiger partial charge on any atom is 0.229 e. The van der Waals surface area contributed by atoms with Gasteiger partial charge in [-0.15, -0.1) is 12.4 Å². The molecule has 1 aromatic carbocycles. The molecule has 2 heterocycles. The van der Waals surface area contributed by atoms with Gasteiger partial charge in [0, 0.05) is 49.2 Å². The van der Waals surface area contributed by atoms with Crippen LogP contribution in [0.5, 0.6) is 0 Å². The summed E-state index contributed by atoms with van der Waals surface area (Å²) in [6, 6.07) is 9.73. The highest BCUT2D eigenvalue weighted by atomic mass is 35.5. The van der Waals surface area contributed by atoms with E-state index in [4.69, 9.17) is 5.73 Å². The minimum Gasteiger partial charge on any atom is -0.399 e. The summed E-state index contributed by atoms with van der Waals surface area (Å²) in [6.45, 7) is 5.33. The molecule has 146 valence electrons. The van der Waals surface area contributed by atoms with Gasteiger partial charge < -0.3 is 21.3 Å². The number of rotatable bonds is 6. The quantitative estimate of drug-likeness (QED) is 0.656. The van der Waals surface area contributed by atoms with Gasteiger partial charge >= 0.3 is 0 Å². The molecule has 0 bridgehead atoms. The van der Waals surface area contributed by atoms with E-state index in [1.165, 1.54) is 0 Å². The summed E-state index contributed by atoms with van der Waals surface area (Å²) >= 11 is 0. The maximum absolute atomic E-state index is 11.3. The lowest BCUT2D eigenvalue weighted by Gasteiger charge is -2.19. The average molecular weight is 391 g/mol. The van der Waals surface area contributed by atoms with Gasteiger partial charge in [-0.25, -0.2) is 4.98 Å². The molecule has 0 aliphatic carbocycles. The van der Waals surface area contributed by atoms with Crippen LogP contribution in [-0.2, 0) is 11.2 Å². The third-order valence-electron chi connectivity index (χ3n) is 4.36. The molecule has 0 saturated carbocycles. The van der Waals surface area contributed by atoms with Crippen molar-refractivity contribution in [3.8, 4) is 0 Å². The smallest absolute Gasteiger partial charge is 0.229 e. The first-order valence-corrected chi connectivity index (χ1v) is 9.06. The highest BCUT2D eigenvalue weighted by Gasteiger charge is 2.24. The van der Waals surface area contributed by atoms with Crippen LogP contribution in [0.15, 0.2) is 30.3 Å². The minimum absolute atomic E-state index is 0. The van der Waals surface area contributed by atoms with E-state index in [0.717, 1.165) is 55.2 Å². The Bertz CT molecular complexity index is 767. The van der Waals surface area contributed by atoms with E-state index in [1.54, 1.807) is 6.92 Å². The molecule has 1 fully saturated rings. The summed E-state index contributed by atoms with van der Waals surface area (Å²) in [7, 11) is 0. The van der Waals surface area contributed by atoms with E-state index in [1.807, 2.05) is 30.3 Å². The number of hydrogen-bond donors (Lipinski definition) is 3. The Kier molecular flexibility index (Phi) is 7.24. The molecule has 7 nitrogen and oxygen atoms in total. The van der Waals surface area contributed by atoms with Gasteiger partial charge in [-0.2, -0.15) is 4.98 Å². The van der Waals surface area contributed by atoms with Gasteiger partial charge in [-0.1, -0.05) is 13.3 Å². The average Bonchev–Trinajstić information content (AvgIpc) is 3.05. The zero-order chi connectivity index (χ0) is 18.5. The fourth-order valence-electron chi connectivity index (χ4n) is 3.15. The largest absolute Gasteiger partial charge is 0.399 e. The molecule has 4 N–H and O–H groups in total. The molecule has 2 aromatic rings. The Labute approximate surface area is 166 Å². The highest BCUT2D eigenvalue weighted by molar-refractivity contribution is 5.85. The summed E-state index contributed by atoms with van der Waals surface area (Å²) in [6.07, 6.45) is 2.84. The normalized spacial score (nSPS) is 15.9. The number of nitrogens with two attached hydrogens (primary N) is 1. The SMILES string of the molecule is CCCc1cc(N2CCC(NC(C)=O)C2)nc(Nc2ccc(N)cc2)n1.Cl. The van der Waals surface area contributed by atoms with Crippen LogP contribution in [0.1, 0.15) is 32.4 Å². The number of nitrogens with zero attached hydrogens (tertiary/aromatic N) is 3. The number of carbonyl (C=O) groups is 1. The third kappa shape index (κ3) is 5.72. The molecule has 1 aliphatic heterocycles. The first-order chi connectivity index (χ1) is 12.5. The standard InChI is InChI=1S/C19H26N6O.ClH/c1-3-4-16-11-18(25-10-9-17(12-25)21-13(2)26)24-19(23-16)22-15-7-5-14(20)6-8-15;/h5-8,11,17H,3-4,9-10,12,20H2,1-2H3,(H,21,26)(H,22,23,24);1H. The molecule has 0 spiro atoms. The van der Waals surface area contributed by atoms with Crippen molar-refractivity contribution in [2.75, 3.05) is 29.0 Å². The van der Waals surface area contributed by atoms with Crippen LogP contribution in [-0.4, -0.2) is 35.0 Å². The Morgan fingerprint density at radius 1 is 1.30 bits per heavy atom. The van der Waals surface area contributed by atoms with Gasteiger partial charge in [-0.05, 0) is 37.1 Å². The van der Waals surface area contributed by atoms with Crippen LogP contribution < -0.4 is 21.3 Å². The molecule has 1 atom stereocenters. The van der Waals surface area contributed by atoms with E-state index in [0.29, 0.717) is 5.95 Å². The minimum atomic E-state index is 0. The van der Waals surface area contributed by atoms with Gasteiger partial charge in [-0.3, -0.25) is 4.79 Å². The zero-order valence-corrected chi connectivity index (χ0v) is 16.6. The van der Waals surface area contributed by atoms with Crippen molar-refractivity contribution in [3.63, 3.8) is 0 Å². The van der Waals surface area contributed by atoms with Gasteiger partial charge in [0.15, 0.2) is 0 Å². The highest BCUT2D eigenvalue weighted by Crippen LogP contribution is 2.23. The van der Waals surface area contributed by atoms with Crippen molar-refractivity contribution in [3.05, 3.63) is 36.0 Å². The van der Waals surface area contributed by atoms with Crippen molar-refractivity contribution in [1.82, 2.24) is 15.3 Å². The summed E-state index contributed by atoms with van der Waals surface area (Å²) in [5, 5.41) is 6.25. The molecule has 8 heteroatoms. The molecular formula is C19H27ClN6O. The van der Waals surface area contributed by atoms with Crippen LogP contribution in [0.4, 0.5) is 23.1 Å². The number of carbonyl (C=O) groups excluding carboxylic acids is 1. The lowest BCUT2D eigenvalue weighted by atomic mass is 10.2. The number of aromatic nitrogens is 2. The van der Waals surface area contributed by atoms with Crippen LogP contribution in [0, 0.1) is 0 Å². The van der Waals surface area contributed by atoms with E-state index in [2.05, 4.69) is 32.4 Å². The van der Waals surface area contributed by atoms with Gasteiger partial charge in [0.05, 0.1) is 0 Å². The number of nitrogen functional groups attached to an aromatic ring is 1. The summed E-state index contributed by atoms with van der Waals surface area (Å²) in [5.41, 5.74) is 8.37. The van der Waals surface area contributed by atoms with Crippen LogP contribution in [0.25, 0.3) is 0 Å². The van der Waals surface area contributed by atoms with Crippen molar-refractivity contribution in [2.45, 2.75) is 39.2 Å². The maximum atomic E-state index is 11.3. The summed E-state index contributed by atoms with van der Waals surface area (Å²) < 4.78 is 0. The van der Waals surface area contributed by atoms with Crippen LogP contribution in [0.2, 0.25) is 0 Å². The Hall–Kier alpha value is -2.54. The van der Waals surface area contributed by atoms with E-state index in [9.17, 15) is 4.79 Å². The third-order valence-corrected chi connectivity index (χ3v) is 4.36. The number of halogens is 1. The number of hydrogen-bond acceptors (Lipinski definition) is 6. The number of benzene rings is 1. The zero-order valence-electron chi connectivity index (χ0n) is 15.7. The van der Waals surface area contributed by atoms with Gasteiger partial charge in [0.25, 0.3) is 0 Å². The molecule has 3 rings (SSSR count). The summed E-state index contributed by atoms with van der Waals surface area (Å²) in [5.74, 6) is 1.49. The van der Waals surface area contributed by atoms with Crippen LogP contribution in [0.3, 0.4) is 0 Å². The molecule has 1 aliphatic rings. The second-order valence-electron chi connectivity index (χ2n) is 6.67. The second-order valence-corrected chi connectivity index (χ2v) is 6.67. The molecule has 27 heavy (non-hydrogen) atoms. The Morgan fingerprint density at radius 2 is 2.04 bits per heavy atom. The lowest BCUT2D eigenvalue weighted by Crippen LogP contribution is -2.35. The van der Waals surface area contributed by atoms with Crippen molar-refractivity contribution in [1.29, 1.82) is 0 Å². The van der Waals surface area contributed by atoms with Gasteiger partial charge in [0.1, 0.15) is 5.82 Å². The molecule has 1 aromatic heterocycles. The lowest BCUT2D eigenvalue weighted by molar-refractivity contribution is -0.119. The fraction of sp³-hybridized carbons (Fsp3) is 0.421. The predicted molar refractivity (Wildman–Crippen MR) is 112 cm³/mol. The van der Waals surface area contributed by atoms with Crippen molar-refractivity contribution >= 4 is 41.5 Å². The molecular weight excluding hydrogens is 364 g/mol. The van der Waals surface area contributed by atoms with Crippen molar-refractivity contribution in [2.24, 2.45) is 0 Å². The van der Waals surface area contributed by atoms with Gasteiger partial charge in [0.2, 0.25) is 11.9 Å². The number of amides is 1. The molecule has 1 amide bonds. The monoisotopic (exact) mass is 390 g/mol. The molecule has 0 radical (unpaired) electrons. The number of aryl methyl sites for hydroxylation is 1. The Morgan fingerprint density at radius 3 is 2.70 bits per heavy atom.